The molecule has 0 heterocycles. The standard InChI is InChI=1S/C11H24O3S/c1-4-7-8-9-10-11(5-2)14-15(12,13)6-3/h11H,4-10H2,1-3H3. The summed E-state index contributed by atoms with van der Waals surface area (Å²) < 4.78 is 27.6. The molecule has 0 fully saturated rings. The van der Waals surface area contributed by atoms with Crippen LogP contribution in [0, 0.1) is 0 Å². The molecule has 0 spiro atoms. The fraction of sp³-hybridized carbons (Fsp3) is 1.00. The Bertz CT molecular complexity index is 234. The molecule has 4 heteroatoms. The summed E-state index contributed by atoms with van der Waals surface area (Å²) in [6, 6.07) is 0. The first-order valence-corrected chi connectivity index (χ1v) is 7.54. The molecule has 3 nitrogen and oxygen atoms in total. The average molecular weight is 236 g/mol. The highest BCUT2D eigenvalue weighted by molar-refractivity contribution is 7.86. The Morgan fingerprint density at radius 3 is 2.20 bits per heavy atom. The van der Waals surface area contributed by atoms with Gasteiger partial charge in [-0.3, -0.25) is 4.18 Å². The van der Waals surface area contributed by atoms with Crippen LogP contribution in [0.3, 0.4) is 0 Å². The van der Waals surface area contributed by atoms with Gasteiger partial charge in [0, 0.05) is 0 Å². The van der Waals surface area contributed by atoms with Crippen LogP contribution >= 0.6 is 0 Å². The fourth-order valence-corrected chi connectivity index (χ4v) is 2.18. The molecule has 0 aliphatic rings. The van der Waals surface area contributed by atoms with Crippen molar-refractivity contribution in [3.63, 3.8) is 0 Å². The van der Waals surface area contributed by atoms with Crippen LogP contribution in [0.2, 0.25) is 0 Å². The van der Waals surface area contributed by atoms with E-state index in [2.05, 4.69) is 6.92 Å². The Kier molecular flexibility index (Phi) is 8.06. The van der Waals surface area contributed by atoms with Crippen molar-refractivity contribution in [1.29, 1.82) is 0 Å². The van der Waals surface area contributed by atoms with E-state index in [4.69, 9.17) is 4.18 Å². The lowest BCUT2D eigenvalue weighted by molar-refractivity contribution is 0.190. The highest BCUT2D eigenvalue weighted by Gasteiger charge is 2.15. The molecule has 0 radical (unpaired) electrons. The summed E-state index contributed by atoms with van der Waals surface area (Å²) in [5, 5.41) is 0. The van der Waals surface area contributed by atoms with Crippen molar-refractivity contribution in [1.82, 2.24) is 0 Å². The van der Waals surface area contributed by atoms with Gasteiger partial charge in [-0.25, -0.2) is 0 Å². The van der Waals surface area contributed by atoms with Crippen molar-refractivity contribution >= 4 is 10.1 Å². The zero-order valence-corrected chi connectivity index (χ0v) is 11.0. The summed E-state index contributed by atoms with van der Waals surface area (Å²) in [5.74, 6) is 0.0679. The van der Waals surface area contributed by atoms with Crippen LogP contribution in [0.5, 0.6) is 0 Å². The average Bonchev–Trinajstić information content (AvgIpc) is 2.22. The van der Waals surface area contributed by atoms with Gasteiger partial charge in [0.15, 0.2) is 0 Å². The predicted octanol–water partition coefficient (Wildman–Crippen LogP) is 3.10. The first-order valence-electron chi connectivity index (χ1n) is 5.96. The van der Waals surface area contributed by atoms with E-state index >= 15 is 0 Å². The maximum Gasteiger partial charge on any atom is 0.267 e. The number of rotatable bonds is 9. The minimum atomic E-state index is -3.27. The first-order chi connectivity index (χ1) is 7.05. The molecule has 0 rings (SSSR count). The molecule has 1 unspecified atom stereocenters. The Morgan fingerprint density at radius 2 is 1.73 bits per heavy atom. The molecule has 1 atom stereocenters. The molecular weight excluding hydrogens is 212 g/mol. The predicted molar refractivity (Wildman–Crippen MR) is 63.4 cm³/mol. The molecular formula is C11H24O3S. The minimum absolute atomic E-state index is 0.0679. The number of unbranched alkanes of at least 4 members (excludes halogenated alkanes) is 3. The van der Waals surface area contributed by atoms with Gasteiger partial charge in [0.1, 0.15) is 0 Å². The maximum atomic E-state index is 11.2. The number of hydrogen-bond donors (Lipinski definition) is 0. The van der Waals surface area contributed by atoms with Gasteiger partial charge >= 0.3 is 0 Å². The molecule has 0 saturated carbocycles. The van der Waals surface area contributed by atoms with E-state index in [1.165, 1.54) is 19.3 Å². The van der Waals surface area contributed by atoms with Crippen LogP contribution in [0.1, 0.15) is 59.3 Å². The lowest BCUT2D eigenvalue weighted by Crippen LogP contribution is -2.19. The SMILES string of the molecule is CCCCCCC(CC)OS(=O)(=O)CC. The summed E-state index contributed by atoms with van der Waals surface area (Å²) in [7, 11) is -3.27. The quantitative estimate of drug-likeness (QED) is 0.456. The zero-order chi connectivity index (χ0) is 11.7. The Balaban J connectivity index is 3.83. The van der Waals surface area contributed by atoms with Gasteiger partial charge in [-0.05, 0) is 19.8 Å². The topological polar surface area (TPSA) is 43.4 Å². The van der Waals surface area contributed by atoms with Gasteiger partial charge in [-0.2, -0.15) is 8.42 Å². The van der Waals surface area contributed by atoms with Gasteiger partial charge in [0.05, 0.1) is 11.9 Å². The smallest absolute Gasteiger partial charge is 0.267 e. The lowest BCUT2D eigenvalue weighted by atomic mass is 10.1. The van der Waals surface area contributed by atoms with Crippen LogP contribution in [0.25, 0.3) is 0 Å². The van der Waals surface area contributed by atoms with Crippen LogP contribution in [0.15, 0.2) is 0 Å². The van der Waals surface area contributed by atoms with E-state index in [9.17, 15) is 8.42 Å². The summed E-state index contributed by atoms with van der Waals surface area (Å²) >= 11 is 0. The maximum absolute atomic E-state index is 11.2. The molecule has 0 aliphatic carbocycles. The highest BCUT2D eigenvalue weighted by Crippen LogP contribution is 2.13. The molecule has 0 N–H and O–H groups in total. The molecule has 0 aliphatic heterocycles. The minimum Gasteiger partial charge on any atom is -0.267 e. The third-order valence-corrected chi connectivity index (χ3v) is 3.74. The van der Waals surface area contributed by atoms with E-state index in [-0.39, 0.29) is 11.9 Å². The van der Waals surface area contributed by atoms with Crippen molar-refractivity contribution < 1.29 is 12.6 Å². The normalized spacial score (nSPS) is 14.1. The Hall–Kier alpha value is -0.0900. The van der Waals surface area contributed by atoms with Gasteiger partial charge in [-0.1, -0.05) is 39.5 Å². The van der Waals surface area contributed by atoms with E-state index < -0.39 is 10.1 Å². The molecule has 0 saturated heterocycles. The van der Waals surface area contributed by atoms with Crippen molar-refractivity contribution in [2.75, 3.05) is 5.75 Å². The second kappa shape index (κ2) is 8.11. The van der Waals surface area contributed by atoms with Crippen molar-refractivity contribution in [2.24, 2.45) is 0 Å². The van der Waals surface area contributed by atoms with E-state index in [1.807, 2.05) is 6.92 Å². The highest BCUT2D eigenvalue weighted by atomic mass is 32.2. The van der Waals surface area contributed by atoms with Crippen LogP contribution in [-0.4, -0.2) is 20.3 Å². The molecule has 0 aromatic heterocycles. The second-order valence-electron chi connectivity index (χ2n) is 3.82. The van der Waals surface area contributed by atoms with E-state index in [0.717, 1.165) is 19.3 Å². The van der Waals surface area contributed by atoms with Crippen LogP contribution in [-0.2, 0) is 14.3 Å². The Morgan fingerprint density at radius 1 is 1.07 bits per heavy atom. The van der Waals surface area contributed by atoms with Crippen LogP contribution in [0.4, 0.5) is 0 Å². The van der Waals surface area contributed by atoms with Crippen LogP contribution < -0.4 is 0 Å². The molecule has 92 valence electrons. The monoisotopic (exact) mass is 236 g/mol. The molecule has 0 aromatic rings. The third kappa shape index (κ3) is 7.79. The summed E-state index contributed by atoms with van der Waals surface area (Å²) in [6.07, 6.45) is 6.16. The van der Waals surface area contributed by atoms with E-state index in [0.29, 0.717) is 0 Å². The first kappa shape index (κ1) is 14.9. The zero-order valence-electron chi connectivity index (χ0n) is 10.2. The van der Waals surface area contributed by atoms with Gasteiger partial charge in [-0.15, -0.1) is 0 Å². The fourth-order valence-electron chi connectivity index (χ4n) is 1.39. The van der Waals surface area contributed by atoms with Crippen molar-refractivity contribution in [3.05, 3.63) is 0 Å². The summed E-state index contributed by atoms with van der Waals surface area (Å²) in [4.78, 5) is 0. The second-order valence-corrected chi connectivity index (χ2v) is 5.71. The summed E-state index contributed by atoms with van der Waals surface area (Å²) in [6.45, 7) is 5.74. The van der Waals surface area contributed by atoms with Gasteiger partial charge in [0.25, 0.3) is 10.1 Å². The van der Waals surface area contributed by atoms with Gasteiger partial charge in [0.2, 0.25) is 0 Å². The number of hydrogen-bond acceptors (Lipinski definition) is 3. The third-order valence-electron chi connectivity index (χ3n) is 2.47. The molecule has 15 heavy (non-hydrogen) atoms. The lowest BCUT2D eigenvalue weighted by Gasteiger charge is -2.14. The summed E-state index contributed by atoms with van der Waals surface area (Å²) in [5.41, 5.74) is 0. The molecule has 0 amide bonds. The van der Waals surface area contributed by atoms with E-state index in [1.54, 1.807) is 6.92 Å². The molecule has 0 bridgehead atoms. The van der Waals surface area contributed by atoms with Crippen molar-refractivity contribution in [2.45, 2.75) is 65.4 Å². The van der Waals surface area contributed by atoms with Gasteiger partial charge < -0.3 is 0 Å². The molecule has 0 aromatic carbocycles. The van der Waals surface area contributed by atoms with Crippen molar-refractivity contribution in [3.8, 4) is 0 Å². The Labute approximate surface area is 94.3 Å². The largest absolute Gasteiger partial charge is 0.267 e.